The summed E-state index contributed by atoms with van der Waals surface area (Å²) in [6.45, 7) is 6.94. The number of piperazine rings is 1. The van der Waals surface area contributed by atoms with Crippen LogP contribution >= 0.6 is 11.3 Å². The average molecular weight is 617 g/mol. The summed E-state index contributed by atoms with van der Waals surface area (Å²) in [6.07, 6.45) is 7.21. The summed E-state index contributed by atoms with van der Waals surface area (Å²) in [7, 11) is 4.41. The molecular formula is C32H40N8O3S. The van der Waals surface area contributed by atoms with E-state index in [1.165, 1.54) is 30.6 Å². The zero-order valence-electron chi connectivity index (χ0n) is 25.8. The predicted molar refractivity (Wildman–Crippen MR) is 167 cm³/mol. The number of thiophene rings is 1. The van der Waals surface area contributed by atoms with Gasteiger partial charge in [-0.2, -0.15) is 10.2 Å². The van der Waals surface area contributed by atoms with Gasteiger partial charge < -0.3 is 24.6 Å². The molecule has 3 aliphatic heterocycles. The normalized spacial score (nSPS) is 26.9. The summed E-state index contributed by atoms with van der Waals surface area (Å²) in [4.78, 5) is 18.4. The molecule has 0 radical (unpaired) electrons. The van der Waals surface area contributed by atoms with E-state index >= 15 is 0 Å². The first-order valence-electron chi connectivity index (χ1n) is 15.9. The zero-order valence-corrected chi connectivity index (χ0v) is 26.6. The van der Waals surface area contributed by atoms with Crippen LogP contribution in [0.15, 0.2) is 10.6 Å². The van der Waals surface area contributed by atoms with E-state index in [1.54, 1.807) is 0 Å². The fraction of sp³-hybridized carbons (Fsp3) is 0.625. The molecule has 11 nitrogen and oxygen atoms in total. The molecule has 2 aliphatic carbocycles. The molecule has 0 amide bonds. The molecule has 2 N–H and O–H groups in total. The topological polar surface area (TPSA) is 130 Å². The minimum absolute atomic E-state index is 0.0129. The van der Waals surface area contributed by atoms with E-state index in [4.69, 9.17) is 29.7 Å². The standard InChI is InChI=1S/C32H40N8O3S/c1-19(22-7-5-11-38(22)2)42-25-14-24(40-13-12-39(3)31(17-40)9-10-31)35-30(36-25)27-20-6-4-8-32(28(20)43-37-27)18-41-16-23-26(32)21(15-33)29(34)44-23/h14,19,22H,4-13,16-18,34H2,1-3H3/t19-,22-,32-/m0/s1. The Bertz CT molecular complexity index is 1640. The van der Waals surface area contributed by atoms with E-state index in [0.29, 0.717) is 47.2 Å². The van der Waals surface area contributed by atoms with Gasteiger partial charge in [0.2, 0.25) is 5.88 Å². The first-order chi connectivity index (χ1) is 21.3. The summed E-state index contributed by atoms with van der Waals surface area (Å²) in [5.74, 6) is 2.73. The average Bonchev–Trinajstić information content (AvgIpc) is 3.30. The van der Waals surface area contributed by atoms with Crippen molar-refractivity contribution in [3.8, 4) is 23.5 Å². The van der Waals surface area contributed by atoms with E-state index in [2.05, 4.69) is 46.9 Å². The van der Waals surface area contributed by atoms with Gasteiger partial charge >= 0.3 is 0 Å². The predicted octanol–water partition coefficient (Wildman–Crippen LogP) is 3.95. The number of hydrogen-bond donors (Lipinski definition) is 1. The molecular weight excluding hydrogens is 576 g/mol. The maximum Gasteiger partial charge on any atom is 0.219 e. The van der Waals surface area contributed by atoms with Crippen molar-refractivity contribution in [1.29, 1.82) is 5.26 Å². The Morgan fingerprint density at radius 2 is 2.05 bits per heavy atom. The monoisotopic (exact) mass is 616 g/mol. The van der Waals surface area contributed by atoms with Crippen molar-refractivity contribution in [3.63, 3.8) is 0 Å². The van der Waals surface area contributed by atoms with Gasteiger partial charge in [0.25, 0.3) is 0 Å². The van der Waals surface area contributed by atoms with Crippen LogP contribution in [0, 0.1) is 11.3 Å². The first kappa shape index (κ1) is 28.2. The van der Waals surface area contributed by atoms with E-state index in [1.807, 2.05) is 6.07 Å². The highest BCUT2D eigenvalue weighted by atomic mass is 32.1. The number of likely N-dealkylation sites (tertiary alicyclic amines) is 1. The van der Waals surface area contributed by atoms with Crippen molar-refractivity contribution in [1.82, 2.24) is 24.9 Å². The molecule has 1 saturated carbocycles. The molecule has 12 heteroatoms. The number of nitrogens with zero attached hydrogens (tertiary/aromatic N) is 7. The first-order valence-corrected chi connectivity index (χ1v) is 16.7. The summed E-state index contributed by atoms with van der Waals surface area (Å²) in [6, 6.07) is 4.73. The zero-order chi connectivity index (χ0) is 30.2. The minimum atomic E-state index is -0.597. The lowest BCUT2D eigenvalue weighted by Gasteiger charge is -2.40. The quantitative estimate of drug-likeness (QED) is 0.447. The maximum atomic E-state index is 10.1. The van der Waals surface area contributed by atoms with Gasteiger partial charge in [-0.1, -0.05) is 5.16 Å². The number of nitriles is 1. The van der Waals surface area contributed by atoms with Crippen LogP contribution in [0.5, 0.6) is 5.88 Å². The molecule has 3 fully saturated rings. The minimum Gasteiger partial charge on any atom is -0.473 e. The van der Waals surface area contributed by atoms with Crippen LogP contribution in [0.25, 0.3) is 11.5 Å². The molecule has 0 aromatic carbocycles. The van der Waals surface area contributed by atoms with E-state index in [-0.39, 0.29) is 11.6 Å². The van der Waals surface area contributed by atoms with E-state index in [0.717, 1.165) is 79.4 Å². The van der Waals surface area contributed by atoms with Crippen molar-refractivity contribution in [2.24, 2.45) is 0 Å². The number of likely N-dealkylation sites (N-methyl/N-ethyl adjacent to an activating group) is 2. The number of nitrogens with two attached hydrogens (primary N) is 1. The van der Waals surface area contributed by atoms with E-state index < -0.39 is 5.41 Å². The largest absolute Gasteiger partial charge is 0.473 e. The highest BCUT2D eigenvalue weighted by molar-refractivity contribution is 7.16. The van der Waals surface area contributed by atoms with Gasteiger partial charge in [-0.25, -0.2) is 4.98 Å². The molecule has 5 aliphatic rings. The second kappa shape index (κ2) is 10.4. The lowest BCUT2D eigenvalue weighted by molar-refractivity contribution is 0.0503. The molecule has 0 bridgehead atoms. The number of aromatic nitrogens is 3. The SMILES string of the molecule is C[C@H](Oc1cc(N2CCN(C)C3(CC3)C2)nc(-c2noc3c2CCC[C@@]32COCc3sc(N)c(C#N)c32)n1)[C@@H]1CCCN1C. The number of nitrogen functional groups attached to an aromatic ring is 1. The smallest absolute Gasteiger partial charge is 0.219 e. The lowest BCUT2D eigenvalue weighted by atomic mass is 9.68. The Balaban J connectivity index is 1.21. The Hall–Kier alpha value is -3.24. The van der Waals surface area contributed by atoms with Gasteiger partial charge in [0.1, 0.15) is 23.0 Å². The second-order valence-electron chi connectivity index (χ2n) is 13.5. The number of anilines is 2. The Morgan fingerprint density at radius 1 is 1.18 bits per heavy atom. The molecule has 232 valence electrons. The molecule has 3 atom stereocenters. The van der Waals surface area contributed by atoms with Gasteiger partial charge in [0.05, 0.1) is 24.2 Å². The van der Waals surface area contributed by atoms with Gasteiger partial charge in [-0.15, -0.1) is 11.3 Å². The van der Waals surface area contributed by atoms with Crippen LogP contribution < -0.4 is 15.4 Å². The van der Waals surface area contributed by atoms with Gasteiger partial charge in [0.15, 0.2) is 17.3 Å². The van der Waals surface area contributed by atoms with Gasteiger partial charge in [-0.3, -0.25) is 9.80 Å². The van der Waals surface area contributed by atoms with Crippen molar-refractivity contribution in [2.75, 3.05) is 57.5 Å². The van der Waals surface area contributed by atoms with Crippen LogP contribution in [-0.4, -0.2) is 89.5 Å². The summed E-state index contributed by atoms with van der Waals surface area (Å²) >= 11 is 1.44. The van der Waals surface area contributed by atoms with Gasteiger partial charge in [0, 0.05) is 53.3 Å². The molecule has 2 saturated heterocycles. The molecule has 0 unspecified atom stereocenters. The third-order valence-electron chi connectivity index (χ3n) is 10.9. The van der Waals surface area contributed by atoms with Crippen LogP contribution in [-0.2, 0) is 23.2 Å². The van der Waals surface area contributed by atoms with Crippen molar-refractivity contribution in [3.05, 3.63) is 33.4 Å². The summed E-state index contributed by atoms with van der Waals surface area (Å²) in [5.41, 5.74) is 9.10. The fourth-order valence-electron chi connectivity index (χ4n) is 8.24. The van der Waals surface area contributed by atoms with Crippen LogP contribution in [0.1, 0.15) is 72.8 Å². The van der Waals surface area contributed by atoms with Gasteiger partial charge in [-0.05, 0) is 72.5 Å². The molecule has 2 spiro atoms. The molecule has 44 heavy (non-hydrogen) atoms. The number of rotatable bonds is 5. The molecule has 6 heterocycles. The summed E-state index contributed by atoms with van der Waals surface area (Å²) < 4.78 is 19.0. The Kier molecular flexibility index (Phi) is 6.68. The molecule has 3 aromatic rings. The van der Waals surface area contributed by atoms with Crippen molar-refractivity contribution in [2.45, 2.75) is 81.6 Å². The molecule has 3 aromatic heterocycles. The third-order valence-corrected chi connectivity index (χ3v) is 11.9. The highest BCUT2D eigenvalue weighted by Gasteiger charge is 2.51. The van der Waals surface area contributed by atoms with Crippen LogP contribution in [0.2, 0.25) is 0 Å². The molecule has 8 rings (SSSR count). The van der Waals surface area contributed by atoms with Crippen molar-refractivity contribution < 1.29 is 14.0 Å². The lowest BCUT2D eigenvalue weighted by Crippen LogP contribution is -2.53. The third kappa shape index (κ3) is 4.35. The Labute approximate surface area is 261 Å². The number of hydrogen-bond acceptors (Lipinski definition) is 12. The fourth-order valence-corrected chi connectivity index (χ4v) is 9.29. The second-order valence-corrected chi connectivity index (χ2v) is 14.6. The van der Waals surface area contributed by atoms with E-state index in [9.17, 15) is 5.26 Å². The Morgan fingerprint density at radius 3 is 2.82 bits per heavy atom. The van der Waals surface area contributed by atoms with Crippen LogP contribution in [0.3, 0.4) is 0 Å². The number of fused-ring (bicyclic) bond motifs is 4. The van der Waals surface area contributed by atoms with Crippen molar-refractivity contribution >= 4 is 22.2 Å². The summed E-state index contributed by atoms with van der Waals surface area (Å²) in [5, 5.41) is 15.2. The van der Waals surface area contributed by atoms with Crippen LogP contribution in [0.4, 0.5) is 10.8 Å². The highest BCUT2D eigenvalue weighted by Crippen LogP contribution is 2.52. The number of ether oxygens (including phenoxy) is 2. The maximum absolute atomic E-state index is 10.1.